The van der Waals surface area contributed by atoms with Gasteiger partial charge in [-0.2, -0.15) is 0 Å². The van der Waals surface area contributed by atoms with Crippen LogP contribution in [0.15, 0.2) is 0 Å². The lowest BCUT2D eigenvalue weighted by atomic mass is 10.1. The summed E-state index contributed by atoms with van der Waals surface area (Å²) in [6, 6.07) is -0.154. The third-order valence-corrected chi connectivity index (χ3v) is 2.56. The van der Waals surface area contributed by atoms with Gasteiger partial charge in [-0.1, -0.05) is 0 Å². The van der Waals surface area contributed by atoms with Crippen LogP contribution in [0.25, 0.3) is 0 Å². The molecule has 94 valence electrons. The summed E-state index contributed by atoms with van der Waals surface area (Å²) < 4.78 is 5.42. The molecule has 6 heteroatoms. The van der Waals surface area contributed by atoms with Gasteiger partial charge in [0, 0.05) is 39.1 Å². The van der Waals surface area contributed by atoms with Crippen molar-refractivity contribution in [3.63, 3.8) is 0 Å². The number of rotatable bonds is 4. The van der Waals surface area contributed by atoms with Gasteiger partial charge < -0.3 is 25.4 Å². The molecule has 16 heavy (non-hydrogen) atoms. The first-order valence-electron chi connectivity index (χ1n) is 5.64. The smallest absolute Gasteiger partial charge is 0.317 e. The van der Waals surface area contributed by atoms with Crippen molar-refractivity contribution in [2.75, 3.05) is 53.0 Å². The molecule has 0 aromatic rings. The maximum Gasteiger partial charge on any atom is 0.317 e. The van der Waals surface area contributed by atoms with Crippen LogP contribution in [0.1, 0.15) is 0 Å². The predicted molar refractivity (Wildman–Crippen MR) is 60.3 cm³/mol. The average Bonchev–Trinajstić information content (AvgIpc) is 2.56. The van der Waals surface area contributed by atoms with Crippen molar-refractivity contribution in [2.45, 2.75) is 0 Å². The molecule has 1 fully saturated rings. The Morgan fingerprint density at radius 1 is 1.69 bits per heavy atom. The minimum Gasteiger partial charge on any atom is -0.395 e. The normalized spacial score (nSPS) is 21.2. The van der Waals surface area contributed by atoms with Gasteiger partial charge in [-0.15, -0.1) is 0 Å². The summed E-state index contributed by atoms with van der Waals surface area (Å²) in [4.78, 5) is 13.1. The minimum absolute atomic E-state index is 0.0194. The van der Waals surface area contributed by atoms with Crippen LogP contribution >= 0.6 is 0 Å². The number of hydrogen-bond acceptors (Lipinski definition) is 4. The maximum absolute atomic E-state index is 11.5. The second-order valence-corrected chi connectivity index (χ2v) is 3.87. The number of aliphatic hydroxyl groups is 1. The standard InChI is InChI=1S/C10H21N3O3/c1-11-10(15)13(3-4-14)7-9-6-12-2-5-16-8-9/h9,12,14H,2-8H2,1H3,(H,11,15). The number of ether oxygens (including phenoxy) is 1. The quantitative estimate of drug-likeness (QED) is 0.571. The number of hydrogen-bond donors (Lipinski definition) is 3. The van der Waals surface area contributed by atoms with Crippen molar-refractivity contribution in [1.82, 2.24) is 15.5 Å². The lowest BCUT2D eigenvalue weighted by molar-refractivity contribution is 0.104. The van der Waals surface area contributed by atoms with E-state index < -0.39 is 0 Å². The third kappa shape index (κ3) is 4.34. The van der Waals surface area contributed by atoms with Crippen LogP contribution in [0.3, 0.4) is 0 Å². The van der Waals surface area contributed by atoms with Crippen LogP contribution in [-0.2, 0) is 4.74 Å². The van der Waals surface area contributed by atoms with Crippen LogP contribution < -0.4 is 10.6 Å². The van der Waals surface area contributed by atoms with Gasteiger partial charge in [0.25, 0.3) is 0 Å². The van der Waals surface area contributed by atoms with Gasteiger partial charge in [0.15, 0.2) is 0 Å². The summed E-state index contributed by atoms with van der Waals surface area (Å²) in [6.45, 7) is 4.02. The highest BCUT2D eigenvalue weighted by molar-refractivity contribution is 5.73. The average molecular weight is 231 g/mol. The Hall–Kier alpha value is -0.850. The van der Waals surface area contributed by atoms with E-state index in [1.54, 1.807) is 11.9 Å². The van der Waals surface area contributed by atoms with E-state index in [2.05, 4.69) is 10.6 Å². The fourth-order valence-electron chi connectivity index (χ4n) is 1.74. The summed E-state index contributed by atoms with van der Waals surface area (Å²) in [7, 11) is 1.59. The van der Waals surface area contributed by atoms with E-state index in [9.17, 15) is 4.79 Å². The monoisotopic (exact) mass is 231 g/mol. The van der Waals surface area contributed by atoms with Crippen LogP contribution in [0.5, 0.6) is 0 Å². The Morgan fingerprint density at radius 3 is 3.19 bits per heavy atom. The van der Waals surface area contributed by atoms with E-state index in [0.717, 1.165) is 19.7 Å². The van der Waals surface area contributed by atoms with E-state index >= 15 is 0 Å². The first-order chi connectivity index (χ1) is 7.77. The molecular weight excluding hydrogens is 210 g/mol. The van der Waals surface area contributed by atoms with Crippen molar-refractivity contribution >= 4 is 6.03 Å². The number of amides is 2. The molecule has 1 atom stereocenters. The summed E-state index contributed by atoms with van der Waals surface area (Å²) in [5.74, 6) is 0.284. The second-order valence-electron chi connectivity index (χ2n) is 3.87. The largest absolute Gasteiger partial charge is 0.395 e. The van der Waals surface area contributed by atoms with E-state index in [1.807, 2.05) is 0 Å². The van der Waals surface area contributed by atoms with Crippen molar-refractivity contribution in [3.8, 4) is 0 Å². The van der Waals surface area contributed by atoms with Crippen LogP contribution in [0, 0.1) is 5.92 Å². The van der Waals surface area contributed by atoms with E-state index in [-0.39, 0.29) is 18.6 Å². The molecule has 6 nitrogen and oxygen atoms in total. The molecule has 0 aromatic heterocycles. The Morgan fingerprint density at radius 2 is 2.50 bits per heavy atom. The summed E-state index contributed by atoms with van der Waals surface area (Å²) in [5, 5.41) is 14.7. The Kier molecular flexibility index (Phi) is 6.14. The van der Waals surface area contributed by atoms with Crippen molar-refractivity contribution in [2.24, 2.45) is 5.92 Å². The van der Waals surface area contributed by atoms with Crippen molar-refractivity contribution in [1.29, 1.82) is 0 Å². The Labute approximate surface area is 95.9 Å². The fraction of sp³-hybridized carbons (Fsp3) is 0.900. The predicted octanol–water partition coefficient (Wildman–Crippen LogP) is -1.14. The molecule has 0 saturated carbocycles. The van der Waals surface area contributed by atoms with E-state index in [4.69, 9.17) is 9.84 Å². The first-order valence-corrected chi connectivity index (χ1v) is 5.64. The number of aliphatic hydroxyl groups excluding tert-OH is 1. The Bertz CT molecular complexity index is 205. The lowest BCUT2D eigenvalue weighted by Gasteiger charge is -2.25. The van der Waals surface area contributed by atoms with Gasteiger partial charge in [0.1, 0.15) is 0 Å². The minimum atomic E-state index is -0.154. The van der Waals surface area contributed by atoms with Crippen LogP contribution in [-0.4, -0.2) is 69.1 Å². The molecule has 0 spiro atoms. The number of carbonyl (C=O) groups excluding carboxylic acids is 1. The second kappa shape index (κ2) is 7.43. The zero-order valence-electron chi connectivity index (χ0n) is 9.74. The lowest BCUT2D eigenvalue weighted by Crippen LogP contribution is -2.44. The van der Waals surface area contributed by atoms with Gasteiger partial charge in [-0.3, -0.25) is 0 Å². The highest BCUT2D eigenvalue weighted by Crippen LogP contribution is 2.03. The van der Waals surface area contributed by atoms with Crippen molar-refractivity contribution < 1.29 is 14.6 Å². The molecule has 1 heterocycles. The van der Waals surface area contributed by atoms with Gasteiger partial charge >= 0.3 is 6.03 Å². The molecule has 1 unspecified atom stereocenters. The number of nitrogens with one attached hydrogen (secondary N) is 2. The zero-order chi connectivity index (χ0) is 11.8. The fourth-order valence-corrected chi connectivity index (χ4v) is 1.74. The maximum atomic E-state index is 11.5. The van der Waals surface area contributed by atoms with Crippen LogP contribution in [0.4, 0.5) is 4.79 Å². The molecule has 0 bridgehead atoms. The molecular formula is C10H21N3O3. The molecule has 1 saturated heterocycles. The summed E-state index contributed by atoms with van der Waals surface area (Å²) in [6.07, 6.45) is 0. The van der Waals surface area contributed by atoms with Crippen LogP contribution in [0.2, 0.25) is 0 Å². The highest BCUT2D eigenvalue weighted by atomic mass is 16.5. The van der Waals surface area contributed by atoms with Gasteiger partial charge in [-0.05, 0) is 0 Å². The number of urea groups is 1. The molecule has 1 aliphatic rings. The first kappa shape index (κ1) is 13.2. The molecule has 1 aliphatic heterocycles. The highest BCUT2D eigenvalue weighted by Gasteiger charge is 2.19. The molecule has 0 aromatic carbocycles. The number of nitrogens with zero attached hydrogens (tertiary/aromatic N) is 1. The SMILES string of the molecule is CNC(=O)N(CCO)CC1CNCCOC1. The molecule has 0 radical (unpaired) electrons. The molecule has 0 aliphatic carbocycles. The summed E-state index contributed by atoms with van der Waals surface area (Å²) in [5.41, 5.74) is 0. The third-order valence-electron chi connectivity index (χ3n) is 2.56. The van der Waals surface area contributed by atoms with Gasteiger partial charge in [0.2, 0.25) is 0 Å². The molecule has 1 rings (SSSR count). The molecule has 2 amide bonds. The summed E-state index contributed by atoms with van der Waals surface area (Å²) >= 11 is 0. The zero-order valence-corrected chi connectivity index (χ0v) is 9.74. The topological polar surface area (TPSA) is 73.8 Å². The molecule has 3 N–H and O–H groups in total. The van der Waals surface area contributed by atoms with E-state index in [0.29, 0.717) is 19.7 Å². The van der Waals surface area contributed by atoms with Crippen molar-refractivity contribution in [3.05, 3.63) is 0 Å². The van der Waals surface area contributed by atoms with E-state index in [1.165, 1.54) is 0 Å². The van der Waals surface area contributed by atoms with Gasteiger partial charge in [-0.25, -0.2) is 4.79 Å². The van der Waals surface area contributed by atoms with Gasteiger partial charge in [0.05, 0.1) is 19.8 Å². The Balaban J connectivity index is 2.42. The number of carbonyl (C=O) groups is 1.